The lowest BCUT2D eigenvalue weighted by molar-refractivity contribution is 0.479. The molecule has 4 heteroatoms. The summed E-state index contributed by atoms with van der Waals surface area (Å²) < 4.78 is 0. The second-order valence-corrected chi connectivity index (χ2v) is 8.30. The van der Waals surface area contributed by atoms with Gasteiger partial charge in [-0.2, -0.15) is 0 Å². The molecule has 0 fully saturated rings. The molecule has 1 aromatic heterocycles. The van der Waals surface area contributed by atoms with Gasteiger partial charge in [-0.3, -0.25) is 4.79 Å². The van der Waals surface area contributed by atoms with Gasteiger partial charge in [-0.05, 0) is 71.6 Å². The summed E-state index contributed by atoms with van der Waals surface area (Å²) in [6.45, 7) is 7.53. The second kappa shape index (κ2) is 8.03. The number of nitrogens with one attached hydrogen (secondary N) is 2. The number of aryl methyl sites for hydroxylation is 2. The normalized spacial score (nSPS) is 15.0. The van der Waals surface area contributed by atoms with Crippen LogP contribution in [-0.4, -0.2) is 22.7 Å². The minimum absolute atomic E-state index is 0.117. The van der Waals surface area contributed by atoms with Gasteiger partial charge >= 0.3 is 0 Å². The molecule has 29 heavy (non-hydrogen) atoms. The molecule has 3 N–H and O–H groups in total. The number of rotatable bonds is 6. The fourth-order valence-electron chi connectivity index (χ4n) is 4.72. The predicted octanol–water partition coefficient (Wildman–Crippen LogP) is 4.22. The van der Waals surface area contributed by atoms with E-state index in [2.05, 4.69) is 43.2 Å². The van der Waals surface area contributed by atoms with E-state index in [4.69, 9.17) is 0 Å². The number of aromatic amines is 1. The molecule has 4 nitrogen and oxygen atoms in total. The number of benzene rings is 2. The number of fused-ring (bicyclic) bond motifs is 2. The minimum Gasteiger partial charge on any atom is -0.506 e. The lowest BCUT2D eigenvalue weighted by Crippen LogP contribution is -2.32. The van der Waals surface area contributed by atoms with Crippen LogP contribution < -0.4 is 10.9 Å². The summed E-state index contributed by atoms with van der Waals surface area (Å²) >= 11 is 0. The maximum atomic E-state index is 11.6. The molecule has 0 radical (unpaired) electrons. The van der Waals surface area contributed by atoms with Crippen LogP contribution in [0, 0.1) is 0 Å². The molecule has 3 aromatic rings. The minimum atomic E-state index is -0.197. The molecule has 1 atom stereocenters. The third kappa shape index (κ3) is 3.82. The monoisotopic (exact) mass is 390 g/mol. The Labute approximate surface area is 172 Å². The number of phenols is 1. The van der Waals surface area contributed by atoms with Crippen molar-refractivity contribution in [2.75, 3.05) is 6.54 Å². The highest BCUT2D eigenvalue weighted by atomic mass is 16.3. The molecule has 0 saturated heterocycles. The van der Waals surface area contributed by atoms with Crippen molar-refractivity contribution in [3.05, 3.63) is 74.6 Å². The highest BCUT2D eigenvalue weighted by Crippen LogP contribution is 2.30. The molecule has 4 rings (SSSR count). The van der Waals surface area contributed by atoms with Gasteiger partial charge in [0.05, 0.1) is 5.52 Å². The van der Waals surface area contributed by atoms with Crippen molar-refractivity contribution in [1.82, 2.24) is 10.3 Å². The third-order valence-corrected chi connectivity index (χ3v) is 6.37. The van der Waals surface area contributed by atoms with E-state index < -0.39 is 0 Å². The zero-order valence-electron chi connectivity index (χ0n) is 17.5. The summed E-state index contributed by atoms with van der Waals surface area (Å²) in [5, 5.41) is 14.8. The number of aromatic nitrogens is 1. The highest BCUT2D eigenvalue weighted by molar-refractivity contribution is 5.87. The van der Waals surface area contributed by atoms with Gasteiger partial charge in [-0.25, -0.2) is 0 Å². The van der Waals surface area contributed by atoms with E-state index in [0.717, 1.165) is 43.2 Å². The Bertz CT molecular complexity index is 1070. The van der Waals surface area contributed by atoms with Crippen LogP contribution in [0.25, 0.3) is 10.9 Å². The average molecular weight is 391 g/mol. The maximum absolute atomic E-state index is 11.6. The molecule has 152 valence electrons. The summed E-state index contributed by atoms with van der Waals surface area (Å²) in [5.41, 5.74) is 7.44. The Morgan fingerprint density at radius 1 is 1.07 bits per heavy atom. The number of H-pyrrole nitrogens is 1. The smallest absolute Gasteiger partial charge is 0.248 e. The molecular weight excluding hydrogens is 360 g/mol. The van der Waals surface area contributed by atoms with Crippen LogP contribution in [0.15, 0.2) is 41.2 Å². The van der Waals surface area contributed by atoms with E-state index >= 15 is 0 Å². The fraction of sp³-hybridized carbons (Fsp3) is 0.400. The highest BCUT2D eigenvalue weighted by Gasteiger charge is 2.23. The molecule has 0 bridgehead atoms. The number of hydrogen-bond acceptors (Lipinski definition) is 3. The molecule has 1 heterocycles. The quantitative estimate of drug-likeness (QED) is 0.590. The van der Waals surface area contributed by atoms with Crippen LogP contribution in [0.2, 0.25) is 0 Å². The third-order valence-electron chi connectivity index (χ3n) is 6.37. The summed E-state index contributed by atoms with van der Waals surface area (Å²) in [4.78, 5) is 14.4. The van der Waals surface area contributed by atoms with Crippen molar-refractivity contribution in [2.45, 2.75) is 58.4 Å². The van der Waals surface area contributed by atoms with Crippen LogP contribution in [-0.2, 0) is 25.7 Å². The number of aromatic hydroxyl groups is 1. The van der Waals surface area contributed by atoms with E-state index in [1.807, 2.05) is 12.1 Å². The van der Waals surface area contributed by atoms with Crippen LogP contribution in [0.3, 0.4) is 0 Å². The molecule has 2 aromatic carbocycles. The van der Waals surface area contributed by atoms with Crippen LogP contribution in [0.4, 0.5) is 0 Å². The molecule has 0 amide bonds. The van der Waals surface area contributed by atoms with Crippen LogP contribution >= 0.6 is 0 Å². The van der Waals surface area contributed by atoms with Crippen molar-refractivity contribution in [2.24, 2.45) is 0 Å². The van der Waals surface area contributed by atoms with Gasteiger partial charge in [0.15, 0.2) is 0 Å². The van der Waals surface area contributed by atoms with Crippen molar-refractivity contribution in [3.8, 4) is 5.75 Å². The SMILES string of the molecule is CCc1cc2c(cc1CC)CC(NC[C@H](C)c1ccc(O)c3[nH]c(=O)ccc13)C2. The first-order valence-electron chi connectivity index (χ1n) is 10.7. The van der Waals surface area contributed by atoms with Crippen molar-refractivity contribution in [3.63, 3.8) is 0 Å². The van der Waals surface area contributed by atoms with Gasteiger partial charge in [0.1, 0.15) is 5.75 Å². The zero-order chi connectivity index (χ0) is 20.5. The molecular formula is C25H30N2O2. The number of pyridine rings is 1. The van der Waals surface area contributed by atoms with E-state index in [9.17, 15) is 9.90 Å². The number of hydrogen-bond donors (Lipinski definition) is 3. The van der Waals surface area contributed by atoms with Gasteiger partial charge in [-0.15, -0.1) is 0 Å². The van der Waals surface area contributed by atoms with E-state index in [1.54, 1.807) is 6.07 Å². The van der Waals surface area contributed by atoms with E-state index in [1.165, 1.54) is 28.3 Å². The first-order valence-corrected chi connectivity index (χ1v) is 10.7. The number of phenolic OH excluding ortho intramolecular Hbond substituents is 1. The van der Waals surface area contributed by atoms with Crippen molar-refractivity contribution in [1.29, 1.82) is 0 Å². The van der Waals surface area contributed by atoms with Gasteiger partial charge in [-0.1, -0.05) is 39.0 Å². The Hall–Kier alpha value is -2.59. The predicted molar refractivity (Wildman–Crippen MR) is 119 cm³/mol. The van der Waals surface area contributed by atoms with E-state index in [-0.39, 0.29) is 17.2 Å². The first kappa shape index (κ1) is 19.7. The fourth-order valence-corrected chi connectivity index (χ4v) is 4.72. The molecule has 0 spiro atoms. The van der Waals surface area contributed by atoms with Crippen LogP contribution in [0.1, 0.15) is 54.5 Å². The Morgan fingerprint density at radius 3 is 2.34 bits per heavy atom. The standard InChI is InChI=1S/C25H30N2O2/c1-4-16-10-18-12-20(13-19(18)11-17(16)5-2)26-14-15(3)21-6-8-23(28)25-22(21)7-9-24(29)27-25/h6-11,15,20,26,28H,4-5,12-14H2,1-3H3,(H,27,29)/t15-/m0/s1. The van der Waals surface area contributed by atoms with Gasteiger partial charge in [0.2, 0.25) is 5.56 Å². The molecule has 1 aliphatic rings. The van der Waals surface area contributed by atoms with Crippen molar-refractivity contribution < 1.29 is 5.11 Å². The Morgan fingerprint density at radius 2 is 1.72 bits per heavy atom. The molecule has 0 unspecified atom stereocenters. The van der Waals surface area contributed by atoms with Gasteiger partial charge in [0.25, 0.3) is 0 Å². The second-order valence-electron chi connectivity index (χ2n) is 8.30. The maximum Gasteiger partial charge on any atom is 0.248 e. The summed E-state index contributed by atoms with van der Waals surface area (Å²) in [6, 6.07) is 12.3. The Balaban J connectivity index is 1.48. The van der Waals surface area contributed by atoms with Crippen molar-refractivity contribution >= 4 is 10.9 Å². The summed E-state index contributed by atoms with van der Waals surface area (Å²) in [6.07, 6.45) is 4.37. The summed E-state index contributed by atoms with van der Waals surface area (Å²) in [5.74, 6) is 0.386. The Kier molecular flexibility index (Phi) is 5.46. The van der Waals surface area contributed by atoms with Crippen LogP contribution in [0.5, 0.6) is 5.75 Å². The van der Waals surface area contributed by atoms with Gasteiger partial charge in [0, 0.05) is 24.0 Å². The first-order chi connectivity index (χ1) is 14.0. The molecule has 1 aliphatic carbocycles. The molecule has 0 saturated carbocycles. The summed E-state index contributed by atoms with van der Waals surface area (Å²) in [7, 11) is 0. The molecule has 0 aliphatic heterocycles. The average Bonchev–Trinajstić information content (AvgIpc) is 3.13. The lowest BCUT2D eigenvalue weighted by Gasteiger charge is -2.19. The largest absolute Gasteiger partial charge is 0.506 e. The van der Waals surface area contributed by atoms with E-state index in [0.29, 0.717) is 11.6 Å². The lowest BCUT2D eigenvalue weighted by atomic mass is 9.95. The topological polar surface area (TPSA) is 65.1 Å². The van der Waals surface area contributed by atoms with Gasteiger partial charge < -0.3 is 15.4 Å². The zero-order valence-corrected chi connectivity index (χ0v) is 17.5.